The van der Waals surface area contributed by atoms with Crippen molar-refractivity contribution in [1.82, 2.24) is 30.4 Å². The molecule has 0 aliphatic carbocycles. The van der Waals surface area contributed by atoms with Gasteiger partial charge in [-0.25, -0.2) is 10.9 Å². The Morgan fingerprint density at radius 3 is 1.52 bits per heavy atom. The Bertz CT molecular complexity index is 5730. The lowest BCUT2D eigenvalue weighted by Gasteiger charge is -2.20. The maximum absolute atomic E-state index is 13.3. The van der Waals surface area contributed by atoms with Gasteiger partial charge in [-0.05, 0) is 217 Å². The zero-order chi connectivity index (χ0) is 88.4. The molecule has 0 radical (unpaired) electrons. The minimum Gasteiger partial charge on any atom is -0.496 e. The van der Waals surface area contributed by atoms with Gasteiger partial charge >= 0.3 is 0 Å². The number of nitrogens with zero attached hydrogens (tertiary/aromatic N) is 8. The maximum atomic E-state index is 13.3. The molecule has 0 saturated heterocycles. The number of nitrogens with one attached hydrogen (secondary N) is 3. The van der Waals surface area contributed by atoms with Gasteiger partial charge in [0.1, 0.15) is 49.5 Å². The highest BCUT2D eigenvalue weighted by molar-refractivity contribution is 7.80. The van der Waals surface area contributed by atoms with Crippen molar-refractivity contribution >= 4 is 164 Å². The molecule has 9 N–H and O–H groups in total. The second kappa shape index (κ2) is 48.5. The molecular weight excluding hydrogens is 1680 g/mol. The van der Waals surface area contributed by atoms with E-state index in [1.165, 1.54) is 49.5 Å². The third-order valence-electron chi connectivity index (χ3n) is 18.3. The highest BCUT2D eigenvalue weighted by Crippen LogP contribution is 2.41. The topological polar surface area (TPSA) is 330 Å². The molecule has 0 amide bonds. The molecule has 0 bridgehead atoms. The molecule has 0 atom stereocenters. The molecule has 626 valence electrons. The monoisotopic (exact) mass is 1770 g/mol. The molecule has 31 heteroatoms. The molecule has 8 heterocycles. The van der Waals surface area contributed by atoms with Crippen LogP contribution >= 0.6 is 93.6 Å². The first-order valence-corrected chi connectivity index (χ1v) is 42.1. The van der Waals surface area contributed by atoms with E-state index in [-0.39, 0.29) is 35.3 Å². The van der Waals surface area contributed by atoms with Gasteiger partial charge in [0.05, 0.1) is 103 Å². The van der Waals surface area contributed by atoms with Gasteiger partial charge < -0.3 is 40.1 Å². The summed E-state index contributed by atoms with van der Waals surface area (Å²) in [5.74, 6) is 13.4. The number of thiocarbonyl (C=S) groups is 3. The molecule has 0 spiro atoms. The number of ketones is 5. The number of pyridine rings is 3. The van der Waals surface area contributed by atoms with Crippen LogP contribution in [0.1, 0.15) is 154 Å². The number of nitrogens with two attached hydrogens (primary N) is 3. The van der Waals surface area contributed by atoms with Gasteiger partial charge in [-0.3, -0.25) is 50.4 Å². The van der Waals surface area contributed by atoms with E-state index in [1.807, 2.05) is 157 Å². The number of nitrogen functional groups attached to an aromatic ring is 1. The molecular formula is C90H93ClN14O9S7. The first kappa shape index (κ1) is 96.3. The second-order valence-corrected chi connectivity index (χ2v) is 32.5. The Balaban J connectivity index is 0.000000204. The van der Waals surface area contributed by atoms with Gasteiger partial charge in [-0.15, -0.1) is 45.3 Å². The van der Waals surface area contributed by atoms with E-state index in [9.17, 15) is 24.0 Å². The van der Waals surface area contributed by atoms with E-state index >= 15 is 0 Å². The largest absolute Gasteiger partial charge is 0.496 e. The normalized spacial score (nSPS) is 10.7. The summed E-state index contributed by atoms with van der Waals surface area (Å²) >= 11 is 27.6. The molecule has 5 aromatic carbocycles. The molecule has 13 rings (SSSR count). The number of para-hydroxylation sites is 4. The predicted molar refractivity (Wildman–Crippen MR) is 501 cm³/mol. The van der Waals surface area contributed by atoms with Crippen LogP contribution in [0.4, 0.5) is 20.0 Å². The standard InChI is InChI=1S/C21H22N4O2S2.C21H20N4OS2.C15H13NO2S2.C14H15NO2S.C9H6ClNO.C6H9N3.C4H8O/c1-13-14(2)29-20(18(13)19(26)16-8-4-5-9-17(16)27-3)24-21(28)25(22)12-15-7-6-10-23-11-15;1-13-14(2)28-20-18(13)19(16-8-4-5-9-17(16)26-3)24-25(21(27)23-20)12-15-7-6-10-22-11-15;1-9-10(2)20-15(16-8-19)13(9)14(17)11-6-4-5-7-12(11)18-3;1-8-9(2)18-14(15)12(8)13(16)10-6-4-5-7-11(10)17-3;10-8-4-2-1-3-7(8)9(12)5-6-11;7-9-5-6-2-1-3-8-4-6;1-3-4(2)5/h4-11H,12,22H2,1-3H3,(H,24,28);4-11H,12H2,1-3H3,(H,23,27);4-7H,1-3H3;4-7H,15H2,1-3H3;1-4H,5H2;1-4,9H,5,7H2;3H2,1-2H3. The van der Waals surface area contributed by atoms with E-state index in [2.05, 4.69) is 67.2 Å². The number of nitriles is 1. The SMILES string of the molecule is CCC(C)=O.COc1ccccc1C(=O)c1c(N)sc(C)c1C.COc1ccccc1C(=O)c1c(N=C=S)sc(C)c1C.COc1ccccc1C(=O)c1c(NC(=S)N(N)Cc2cccnc2)sc(C)c1C.COc1ccccc1C1=NN(Cc2cccnc2)C(=S)Nc2sc(C)c(C)c21.N#CCC(=O)c1ccccc1Cl.NNCc1cccnc1. The molecule has 0 saturated carbocycles. The fourth-order valence-electron chi connectivity index (χ4n) is 11.4. The number of rotatable bonds is 22. The van der Waals surface area contributed by atoms with Crippen molar-refractivity contribution in [1.29, 1.82) is 5.26 Å². The van der Waals surface area contributed by atoms with Gasteiger partial charge in [0.25, 0.3) is 0 Å². The number of hydrogen-bond acceptors (Lipinski definition) is 26. The van der Waals surface area contributed by atoms with Crippen LogP contribution in [-0.4, -0.2) is 103 Å². The highest BCUT2D eigenvalue weighted by Gasteiger charge is 2.30. The summed E-state index contributed by atoms with van der Waals surface area (Å²) in [7, 11) is 6.34. The number of Topliss-reactive ketones (excluding diaryl/α,β-unsaturated/α-hetero) is 2. The van der Waals surface area contributed by atoms with Crippen LogP contribution in [0.25, 0.3) is 0 Å². The Hall–Kier alpha value is -11.8. The first-order valence-electron chi connectivity index (χ1n) is 37.3. The quantitative estimate of drug-likeness (QED) is 0.0121. The Morgan fingerprint density at radius 1 is 0.595 bits per heavy atom. The number of hydrazine groups is 2. The van der Waals surface area contributed by atoms with Crippen LogP contribution in [0.2, 0.25) is 5.02 Å². The van der Waals surface area contributed by atoms with E-state index in [0.29, 0.717) is 112 Å². The summed E-state index contributed by atoms with van der Waals surface area (Å²) in [6.07, 6.45) is 11.1. The molecule has 0 fully saturated rings. The highest BCUT2D eigenvalue weighted by atomic mass is 35.5. The van der Waals surface area contributed by atoms with Crippen molar-refractivity contribution in [3.8, 4) is 29.1 Å². The number of anilines is 3. The van der Waals surface area contributed by atoms with Crippen molar-refractivity contribution in [3.63, 3.8) is 0 Å². The van der Waals surface area contributed by atoms with Crippen molar-refractivity contribution in [2.45, 2.75) is 102 Å². The minimum absolute atomic E-state index is 0.0770. The number of fused-ring (bicyclic) bond motifs is 1. The van der Waals surface area contributed by atoms with Crippen LogP contribution in [0.15, 0.2) is 205 Å². The van der Waals surface area contributed by atoms with E-state index in [4.69, 9.17) is 82.8 Å². The molecule has 0 unspecified atom stereocenters. The molecule has 1 aliphatic rings. The number of aliphatic imine (C=N–C) groups is 1. The smallest absolute Gasteiger partial charge is 0.200 e. The molecule has 121 heavy (non-hydrogen) atoms. The summed E-state index contributed by atoms with van der Waals surface area (Å²) in [6.45, 7) is 20.9. The van der Waals surface area contributed by atoms with Crippen LogP contribution in [-0.2, 0) is 24.4 Å². The van der Waals surface area contributed by atoms with Crippen LogP contribution in [0, 0.1) is 66.7 Å². The maximum Gasteiger partial charge on any atom is 0.200 e. The molecule has 23 nitrogen and oxygen atoms in total. The van der Waals surface area contributed by atoms with Gasteiger partial charge in [-0.2, -0.15) is 15.4 Å². The lowest BCUT2D eigenvalue weighted by Crippen LogP contribution is -2.39. The number of benzene rings is 5. The number of carbonyl (C=O) groups excluding carboxylic acids is 5. The van der Waals surface area contributed by atoms with Crippen LogP contribution in [0.3, 0.4) is 0 Å². The lowest BCUT2D eigenvalue weighted by atomic mass is 9.99. The summed E-state index contributed by atoms with van der Waals surface area (Å²) in [6, 6.07) is 49.5. The summed E-state index contributed by atoms with van der Waals surface area (Å²) in [5.41, 5.74) is 22.1. The van der Waals surface area contributed by atoms with Gasteiger partial charge in [0, 0.05) is 86.3 Å². The van der Waals surface area contributed by atoms with Crippen molar-refractivity contribution in [2.75, 3.05) is 44.8 Å². The number of isothiocyanates is 1. The fraction of sp³-hybridized carbons (Fsp3) is 0.211. The number of halogens is 1. The number of aryl methyl sites for hydroxylation is 4. The zero-order valence-electron chi connectivity index (χ0n) is 69.2. The van der Waals surface area contributed by atoms with Crippen molar-refractivity contribution in [3.05, 3.63) is 308 Å². The van der Waals surface area contributed by atoms with Crippen molar-refractivity contribution < 1.29 is 42.9 Å². The number of hydrazone groups is 1. The third-order valence-corrected chi connectivity index (χ3v) is 23.7. The Kier molecular flexibility index (Phi) is 38.6. The number of hydrogen-bond donors (Lipinski definition) is 6. The number of ether oxygens (including phenoxy) is 4. The number of carbonyl (C=O) groups is 5. The van der Waals surface area contributed by atoms with E-state index in [0.717, 1.165) is 75.6 Å². The number of aromatic nitrogens is 3. The predicted octanol–water partition coefficient (Wildman–Crippen LogP) is 19.8. The van der Waals surface area contributed by atoms with E-state index < -0.39 is 0 Å². The Morgan fingerprint density at radius 2 is 1.04 bits per heavy atom. The molecule has 7 aromatic heterocycles. The van der Waals surface area contributed by atoms with Crippen LogP contribution in [0.5, 0.6) is 23.0 Å². The third kappa shape index (κ3) is 26.6. The lowest BCUT2D eigenvalue weighted by molar-refractivity contribution is -0.116. The van der Waals surface area contributed by atoms with E-state index in [1.54, 1.807) is 144 Å². The van der Waals surface area contributed by atoms with Gasteiger partial charge in [0.2, 0.25) is 0 Å². The fourth-order valence-corrected chi connectivity index (χ4v) is 16.3. The molecule has 12 aromatic rings. The summed E-state index contributed by atoms with van der Waals surface area (Å²) in [5, 5.41) is 29.5. The minimum atomic E-state index is -0.233. The van der Waals surface area contributed by atoms with Gasteiger partial charge in [0.15, 0.2) is 33.4 Å². The number of thiophene rings is 4. The molecule has 1 aliphatic heterocycles. The Labute approximate surface area is 742 Å². The van der Waals surface area contributed by atoms with Crippen molar-refractivity contribution in [2.24, 2.45) is 21.8 Å². The number of methoxy groups -OCH3 is 4. The first-order chi connectivity index (χ1) is 58.1. The van der Waals surface area contributed by atoms with Crippen LogP contribution < -0.4 is 52.4 Å². The summed E-state index contributed by atoms with van der Waals surface area (Å²) in [4.78, 5) is 80.2. The average Bonchev–Trinajstić information content (AvgIpc) is 1.62. The second-order valence-electron chi connectivity index (χ2n) is 26.2. The van der Waals surface area contributed by atoms with Gasteiger partial charge in [-0.1, -0.05) is 97.4 Å². The average molecular weight is 1770 g/mol. The summed E-state index contributed by atoms with van der Waals surface area (Å²) < 4.78 is 21.5. The zero-order valence-corrected chi connectivity index (χ0v) is 75.7.